The van der Waals surface area contributed by atoms with E-state index in [9.17, 15) is 89.4 Å². The molecule has 16 unspecified atom stereocenters. The van der Waals surface area contributed by atoms with Crippen molar-refractivity contribution in [3.8, 4) is 0 Å². The first-order valence-electron chi connectivity index (χ1n) is 42.4. The summed E-state index contributed by atoms with van der Waals surface area (Å²) in [6.45, 7) is 11.3. The van der Waals surface area contributed by atoms with Crippen molar-refractivity contribution in [2.45, 2.75) is 345 Å². The van der Waals surface area contributed by atoms with E-state index in [4.69, 9.17) is 47.4 Å². The zero-order valence-corrected chi connectivity index (χ0v) is 68.9. The molecule has 0 aromatic rings. The van der Waals surface area contributed by atoms with Crippen molar-refractivity contribution in [2.24, 2.45) is 35.0 Å². The van der Waals surface area contributed by atoms with Gasteiger partial charge < -0.3 is 109 Å². The zero-order valence-electron chi connectivity index (χ0n) is 68.9. The van der Waals surface area contributed by atoms with Crippen LogP contribution in [0.1, 0.15) is 260 Å². The van der Waals surface area contributed by atoms with Crippen LogP contribution >= 0.6 is 0 Å². The molecule has 0 radical (unpaired) electrons. The van der Waals surface area contributed by atoms with E-state index in [0.29, 0.717) is 148 Å². The largest absolute Gasteiger partial charge is 0.394 e. The van der Waals surface area contributed by atoms with Crippen LogP contribution in [0.5, 0.6) is 0 Å². The van der Waals surface area contributed by atoms with Crippen LogP contribution in [0.25, 0.3) is 0 Å². The van der Waals surface area contributed by atoms with Gasteiger partial charge in [0.2, 0.25) is 11.8 Å². The van der Waals surface area contributed by atoms with Crippen LogP contribution in [0.2, 0.25) is 0 Å². The number of hydrogen-bond donors (Lipinski definition) is 12. The van der Waals surface area contributed by atoms with Crippen molar-refractivity contribution >= 4 is 46.5 Å². The lowest BCUT2D eigenvalue weighted by Crippen LogP contribution is -2.55. The van der Waals surface area contributed by atoms with Crippen LogP contribution in [-0.4, -0.2) is 282 Å². The molecule has 3 saturated heterocycles. The maximum Gasteiger partial charge on any atom is 0.222 e. The van der Waals surface area contributed by atoms with E-state index in [-0.39, 0.29) is 181 Å². The second kappa shape index (κ2) is 57.4. The van der Waals surface area contributed by atoms with Gasteiger partial charge in [-0.25, -0.2) is 0 Å². The van der Waals surface area contributed by atoms with Gasteiger partial charge in [0.15, 0.2) is 18.9 Å². The molecule has 3 aliphatic heterocycles. The standard InChI is InChI=1S/C83H146N2O28/c1-56-73(98)76(101)68(49-86)111-79(56)107-40-22-19-30-60(89)26-14-11-16-28-62(91)35-43-104-53-83(48-64(93)32-13-9-7-8-10-18-33-67(95)66-47-65(94)46-59(66)52-110-82(4,5)6,54-105-44-36-63(92)29-17-12-15-27-61(90)31-20-23-41-108-80-57(2)74(99)77(102)69(50-87)112-80)55-106-45-37-72(97)85-39-25-38-84-71(96)34-21-24-42-109-81-58(3)75(100)78(103)70(51-88)113-81/h56-59,65-66,68-70,73-81,86-88,94,98-103H,7-55H2,1-6H3,(H,84,96)(H,85,97)/t56?,57?,58?,59-,65+,66?,68?,69?,70?,73?,74?,75?,76?,77?,78?,79?,80?,81?,83?/m0/s1. The quantitative estimate of drug-likeness (QED) is 0.0328. The molecule has 30 nitrogen and oxygen atoms in total. The number of carbonyl (C=O) groups excluding carboxylic acids is 8. The van der Waals surface area contributed by atoms with Gasteiger partial charge in [0.25, 0.3) is 0 Å². The zero-order chi connectivity index (χ0) is 83.1. The minimum absolute atomic E-state index is 0.00198. The highest BCUT2D eigenvalue weighted by atomic mass is 16.7. The normalized spacial score (nSPS) is 27.3. The number of ketones is 6. The van der Waals surface area contributed by atoms with E-state index in [2.05, 4.69) is 10.6 Å². The summed E-state index contributed by atoms with van der Waals surface area (Å²) >= 11 is 0. The summed E-state index contributed by atoms with van der Waals surface area (Å²) in [6.07, 6.45) is 3.55. The summed E-state index contributed by atoms with van der Waals surface area (Å²) in [5.41, 5.74) is -1.43. The Hall–Kier alpha value is -3.84. The fraction of sp³-hybridized carbons (Fsp3) is 0.904. The maximum atomic E-state index is 14.2. The number of carbonyl (C=O) groups is 8. The molecule has 3 heterocycles. The lowest BCUT2D eigenvalue weighted by molar-refractivity contribution is -0.282. The highest BCUT2D eigenvalue weighted by Gasteiger charge is 2.46. The van der Waals surface area contributed by atoms with Gasteiger partial charge in [0.05, 0.1) is 96.1 Å². The number of Topliss-reactive ketones (excluding diaryl/α,β-unsaturated/α-hetero) is 6. The van der Waals surface area contributed by atoms with Gasteiger partial charge in [-0.05, 0) is 123 Å². The van der Waals surface area contributed by atoms with Crippen molar-refractivity contribution in [1.29, 1.82) is 0 Å². The average molecular weight is 1620 g/mol. The molecule has 30 heteroatoms. The van der Waals surface area contributed by atoms with Crippen LogP contribution in [0.3, 0.4) is 0 Å². The first kappa shape index (κ1) is 102. The SMILES string of the molecule is CC1C(OCCCCC(=O)CCCCCC(=O)CCOCC(COCCC(=O)CCCCCC(=O)CCCCOC2OC(CO)C(O)C(O)C2C)(COCCC(=O)NCCCNC(=O)CCCCOC2OC(CO)C(O)C(O)C2C)CC(=O)CCCCCCCCC(=O)C2C[C@H](O)C[C@H]2COC(C)(C)C)OC(CO)C(O)C1O. The molecule has 12 N–H and O–H groups in total. The molecule has 18 atom stereocenters. The third kappa shape index (κ3) is 41.1. The first-order valence-corrected chi connectivity index (χ1v) is 42.4. The molecule has 1 aliphatic carbocycles. The van der Waals surface area contributed by atoms with E-state index >= 15 is 0 Å². The van der Waals surface area contributed by atoms with Crippen LogP contribution in [0, 0.1) is 35.0 Å². The lowest BCUT2D eigenvalue weighted by atomic mass is 9.83. The number of ether oxygens (including phenoxy) is 10. The third-order valence-electron chi connectivity index (χ3n) is 22.0. The van der Waals surface area contributed by atoms with Crippen molar-refractivity contribution in [3.05, 3.63) is 0 Å². The first-order chi connectivity index (χ1) is 54.0. The second-order valence-corrected chi connectivity index (χ2v) is 33.1. The molecular weight excluding hydrogens is 1470 g/mol. The van der Waals surface area contributed by atoms with Crippen LogP contribution in [-0.2, 0) is 85.7 Å². The van der Waals surface area contributed by atoms with Crippen LogP contribution in [0.4, 0.5) is 0 Å². The highest BCUT2D eigenvalue weighted by Crippen LogP contribution is 2.36. The van der Waals surface area contributed by atoms with Gasteiger partial charge in [-0.3, -0.25) is 38.4 Å². The third-order valence-corrected chi connectivity index (χ3v) is 22.0. The number of aliphatic hydroxyl groups excluding tert-OH is 10. The number of aliphatic hydroxyl groups is 10. The summed E-state index contributed by atoms with van der Waals surface area (Å²) in [5.74, 6) is -2.00. The lowest BCUT2D eigenvalue weighted by Gasteiger charge is -2.40. The van der Waals surface area contributed by atoms with Crippen molar-refractivity contribution in [3.63, 3.8) is 0 Å². The molecule has 4 rings (SSSR count). The van der Waals surface area contributed by atoms with E-state index in [0.717, 1.165) is 32.1 Å². The Morgan fingerprint density at radius 2 is 0.699 bits per heavy atom. The van der Waals surface area contributed by atoms with Gasteiger partial charge in [-0.1, -0.05) is 59.3 Å². The minimum Gasteiger partial charge on any atom is -0.394 e. The fourth-order valence-corrected chi connectivity index (χ4v) is 14.7. The van der Waals surface area contributed by atoms with Crippen molar-refractivity contribution < 1.29 is 137 Å². The van der Waals surface area contributed by atoms with E-state index in [1.54, 1.807) is 20.8 Å². The van der Waals surface area contributed by atoms with Gasteiger partial charge in [-0.2, -0.15) is 0 Å². The topological polar surface area (TPSA) is 455 Å². The molecule has 2 amide bonds. The number of rotatable bonds is 66. The van der Waals surface area contributed by atoms with Crippen LogP contribution in [0.15, 0.2) is 0 Å². The maximum absolute atomic E-state index is 14.2. The molecule has 656 valence electrons. The molecule has 113 heavy (non-hydrogen) atoms. The molecule has 4 aliphatic rings. The van der Waals surface area contributed by atoms with Gasteiger partial charge in [0.1, 0.15) is 71.3 Å². The molecule has 0 aromatic carbocycles. The van der Waals surface area contributed by atoms with Gasteiger partial charge in [-0.15, -0.1) is 0 Å². The number of unbranched alkanes of at least 4 members (excludes halogenated alkanes) is 12. The summed E-state index contributed by atoms with van der Waals surface area (Å²) < 4.78 is 58.9. The minimum atomic E-state index is -1.23. The van der Waals surface area contributed by atoms with Crippen molar-refractivity contribution in [1.82, 2.24) is 10.6 Å². The Morgan fingerprint density at radius 3 is 1.09 bits per heavy atom. The molecule has 0 spiro atoms. The molecule has 1 saturated carbocycles. The van der Waals surface area contributed by atoms with Crippen molar-refractivity contribution in [2.75, 3.05) is 99.0 Å². The molecule has 0 aromatic heterocycles. The smallest absolute Gasteiger partial charge is 0.222 e. The Labute approximate surface area is 670 Å². The van der Waals surface area contributed by atoms with E-state index < -0.39 is 123 Å². The Kier molecular flexibility index (Phi) is 51.5. The monoisotopic (exact) mass is 1620 g/mol. The Bertz CT molecular complexity index is 2450. The number of amides is 2. The van der Waals surface area contributed by atoms with E-state index in [1.165, 1.54) is 0 Å². The highest BCUT2D eigenvalue weighted by molar-refractivity contribution is 5.82. The predicted octanol–water partition coefficient (Wildman–Crippen LogP) is 5.63. The summed E-state index contributed by atoms with van der Waals surface area (Å²) in [7, 11) is 0. The summed E-state index contributed by atoms with van der Waals surface area (Å²) in [6, 6.07) is 0. The number of nitrogens with one attached hydrogen (secondary N) is 2. The predicted molar refractivity (Wildman–Crippen MR) is 415 cm³/mol. The molecular formula is C83H146N2O28. The van der Waals surface area contributed by atoms with Gasteiger partial charge >= 0.3 is 0 Å². The van der Waals surface area contributed by atoms with Crippen LogP contribution < -0.4 is 10.6 Å². The Morgan fingerprint density at radius 1 is 0.372 bits per heavy atom. The average Bonchev–Trinajstić information content (AvgIpc) is 1.53. The Balaban J connectivity index is 1.28. The molecule has 0 bridgehead atoms. The fourth-order valence-electron chi connectivity index (χ4n) is 14.7. The second-order valence-electron chi connectivity index (χ2n) is 33.1. The summed E-state index contributed by atoms with van der Waals surface area (Å²) in [5, 5.41) is 106. The summed E-state index contributed by atoms with van der Waals surface area (Å²) in [4.78, 5) is 105. The van der Waals surface area contributed by atoms with E-state index in [1.807, 2.05) is 20.8 Å². The van der Waals surface area contributed by atoms with Gasteiger partial charge in [0, 0.05) is 145 Å². The molecule has 4 fully saturated rings. The number of hydrogen-bond acceptors (Lipinski definition) is 28.